The van der Waals surface area contributed by atoms with Gasteiger partial charge in [-0.25, -0.2) is 9.98 Å². The lowest BCUT2D eigenvalue weighted by Gasteiger charge is -2.09. The number of hydrogen-bond donors (Lipinski definition) is 0. The van der Waals surface area contributed by atoms with Crippen LogP contribution in [0, 0.1) is 0 Å². The van der Waals surface area contributed by atoms with Gasteiger partial charge in [-0.05, 0) is 30.7 Å². The van der Waals surface area contributed by atoms with E-state index in [9.17, 15) is 0 Å². The smallest absolute Gasteiger partial charge is 0.238 e. The first-order chi connectivity index (χ1) is 16.1. The van der Waals surface area contributed by atoms with Gasteiger partial charge in [0.2, 0.25) is 5.90 Å². The molecule has 0 saturated heterocycles. The molecule has 2 aromatic heterocycles. The third-order valence-corrected chi connectivity index (χ3v) is 5.92. The van der Waals surface area contributed by atoms with Gasteiger partial charge < -0.3 is 14.0 Å². The first kappa shape index (κ1) is 21.4. The Labute approximate surface area is 196 Å². The highest BCUT2D eigenvalue weighted by molar-refractivity contribution is 6.31. The summed E-state index contributed by atoms with van der Waals surface area (Å²) in [5.74, 6) is 1.96. The summed E-state index contributed by atoms with van der Waals surface area (Å²) >= 11 is 6.34. The van der Waals surface area contributed by atoms with Gasteiger partial charge in [-0.15, -0.1) is 10.2 Å². The Kier molecular flexibility index (Phi) is 5.70. The van der Waals surface area contributed by atoms with Gasteiger partial charge >= 0.3 is 0 Å². The summed E-state index contributed by atoms with van der Waals surface area (Å²) < 4.78 is 15.7. The van der Waals surface area contributed by atoms with Crippen molar-refractivity contribution in [1.82, 2.24) is 24.3 Å². The zero-order chi connectivity index (χ0) is 22.9. The summed E-state index contributed by atoms with van der Waals surface area (Å²) in [5, 5.41) is 9.46. The Bertz CT molecular complexity index is 1300. The number of benzene rings is 1. The van der Waals surface area contributed by atoms with E-state index in [4.69, 9.17) is 26.1 Å². The Balaban J connectivity index is 1.64. The molecule has 5 rings (SSSR count). The molecule has 2 aliphatic rings. The molecule has 0 radical (unpaired) electrons. The minimum Gasteiger partial charge on any atom is -0.474 e. The van der Waals surface area contributed by atoms with E-state index in [-0.39, 0.29) is 6.04 Å². The number of imidazole rings is 1. The molecule has 0 spiro atoms. The third-order valence-electron chi connectivity index (χ3n) is 5.68. The molecule has 0 aliphatic carbocycles. The van der Waals surface area contributed by atoms with Crippen LogP contribution in [0.1, 0.15) is 24.1 Å². The molecule has 1 aromatic carbocycles. The van der Waals surface area contributed by atoms with Crippen LogP contribution in [0.2, 0.25) is 5.02 Å². The van der Waals surface area contributed by atoms with Gasteiger partial charge in [0.05, 0.1) is 17.9 Å². The first-order valence-electron chi connectivity index (χ1n) is 10.7. The average Bonchev–Trinajstić information content (AvgIpc) is 3.54. The van der Waals surface area contributed by atoms with Gasteiger partial charge in [-0.2, -0.15) is 0 Å². The predicted octanol–water partition coefficient (Wildman–Crippen LogP) is 4.13. The van der Waals surface area contributed by atoms with Crippen molar-refractivity contribution in [3.8, 4) is 17.1 Å². The molecule has 4 heterocycles. The molecule has 1 atom stereocenters. The van der Waals surface area contributed by atoms with Crippen LogP contribution in [0.4, 0.5) is 0 Å². The van der Waals surface area contributed by atoms with Crippen LogP contribution < -0.4 is 0 Å². The van der Waals surface area contributed by atoms with Crippen LogP contribution >= 0.6 is 11.6 Å². The lowest BCUT2D eigenvalue weighted by Crippen LogP contribution is -2.13. The second-order valence-electron chi connectivity index (χ2n) is 7.60. The molecular weight excluding hydrogens is 440 g/mol. The number of fused-ring (bicyclic) bond motifs is 5. The van der Waals surface area contributed by atoms with Crippen LogP contribution in [0.15, 0.2) is 66.5 Å². The molecular formula is C24H23ClN6O2. The normalized spacial score (nSPS) is 16.8. The molecule has 0 saturated carbocycles. The number of ether oxygens (including phenoxy) is 2. The predicted molar refractivity (Wildman–Crippen MR) is 127 cm³/mol. The Morgan fingerprint density at radius 3 is 3.00 bits per heavy atom. The average molecular weight is 463 g/mol. The minimum absolute atomic E-state index is 0.149. The Hall–Kier alpha value is -3.49. The highest BCUT2D eigenvalue weighted by Crippen LogP contribution is 2.35. The van der Waals surface area contributed by atoms with Gasteiger partial charge in [0.1, 0.15) is 31.3 Å². The lowest BCUT2D eigenvalue weighted by atomic mass is 10.1. The van der Waals surface area contributed by atoms with Crippen LogP contribution in [0.3, 0.4) is 0 Å². The van der Waals surface area contributed by atoms with Crippen LogP contribution in [-0.4, -0.2) is 49.5 Å². The number of aromatic nitrogens is 5. The van der Waals surface area contributed by atoms with Gasteiger partial charge in [0.25, 0.3) is 0 Å². The highest BCUT2D eigenvalue weighted by atomic mass is 35.5. The van der Waals surface area contributed by atoms with E-state index in [1.807, 2.05) is 40.3 Å². The molecule has 168 valence electrons. The monoisotopic (exact) mass is 462 g/mol. The van der Waals surface area contributed by atoms with Crippen molar-refractivity contribution >= 4 is 17.5 Å². The number of aliphatic imine (C=N–C) groups is 1. The molecule has 0 amide bonds. The van der Waals surface area contributed by atoms with E-state index in [0.29, 0.717) is 43.0 Å². The number of hydrogen-bond acceptors (Lipinski definition) is 6. The Morgan fingerprint density at radius 1 is 1.33 bits per heavy atom. The molecule has 2 aliphatic heterocycles. The number of allylic oxidation sites excluding steroid dienone is 2. The van der Waals surface area contributed by atoms with E-state index < -0.39 is 0 Å². The second-order valence-corrected chi connectivity index (χ2v) is 8.04. The van der Waals surface area contributed by atoms with Gasteiger partial charge in [0.15, 0.2) is 11.6 Å². The van der Waals surface area contributed by atoms with Crippen LogP contribution in [-0.2, 0) is 22.6 Å². The largest absolute Gasteiger partial charge is 0.474 e. The summed E-state index contributed by atoms with van der Waals surface area (Å²) in [7, 11) is 0. The van der Waals surface area contributed by atoms with Gasteiger partial charge in [-0.3, -0.25) is 4.57 Å². The van der Waals surface area contributed by atoms with E-state index >= 15 is 0 Å². The fraction of sp³-hybridized carbons (Fsp3) is 0.250. The van der Waals surface area contributed by atoms with Gasteiger partial charge in [-0.1, -0.05) is 43.0 Å². The lowest BCUT2D eigenvalue weighted by molar-refractivity contribution is 0.125. The zero-order valence-corrected chi connectivity index (χ0v) is 19.0. The molecule has 0 N–H and O–H groups in total. The van der Waals surface area contributed by atoms with Crippen molar-refractivity contribution in [2.24, 2.45) is 4.99 Å². The first-order valence-corrected chi connectivity index (χ1v) is 11.0. The summed E-state index contributed by atoms with van der Waals surface area (Å²) in [6.07, 6.45) is 7.18. The van der Waals surface area contributed by atoms with Crippen LogP contribution in [0.25, 0.3) is 17.1 Å². The van der Waals surface area contributed by atoms with Crippen molar-refractivity contribution < 1.29 is 9.47 Å². The molecule has 1 unspecified atom stereocenters. The molecule has 0 fully saturated rings. The van der Waals surface area contributed by atoms with E-state index in [1.54, 1.807) is 18.5 Å². The molecule has 3 aromatic rings. The van der Waals surface area contributed by atoms with E-state index in [2.05, 4.69) is 28.3 Å². The van der Waals surface area contributed by atoms with Crippen molar-refractivity contribution in [1.29, 1.82) is 0 Å². The Morgan fingerprint density at radius 2 is 2.21 bits per heavy atom. The maximum absolute atomic E-state index is 6.34. The topological polar surface area (TPSA) is 79.4 Å². The van der Waals surface area contributed by atoms with Crippen molar-refractivity contribution in [3.63, 3.8) is 0 Å². The number of nitrogens with zero attached hydrogens (tertiary/aromatic N) is 6. The molecule has 9 heteroatoms. The molecule has 8 nitrogen and oxygen atoms in total. The SMILES string of the molecule is C=C/C=C(\C=C)C1COC(c2ncn3c2Cn2c(COCC)nnc2-c2cc(Cl)ccc2-3)=N1. The highest BCUT2D eigenvalue weighted by Gasteiger charge is 2.31. The van der Waals surface area contributed by atoms with Gasteiger partial charge in [0, 0.05) is 17.2 Å². The second kappa shape index (κ2) is 8.80. The fourth-order valence-corrected chi connectivity index (χ4v) is 4.26. The van der Waals surface area contributed by atoms with Crippen molar-refractivity contribution in [2.75, 3.05) is 13.2 Å². The standard InChI is InChI=1S/C24H23ClN6O2/c1-4-7-15(5-2)18-12-33-24(27-18)22-20-11-30-21(13-32-6-3)28-29-23(30)17-10-16(25)8-9-19(17)31(20)14-26-22/h4-5,7-10,14,18H,1-2,6,11-13H2,3H3/b15-7+. The maximum atomic E-state index is 6.34. The quantitative estimate of drug-likeness (QED) is 0.386. The summed E-state index contributed by atoms with van der Waals surface area (Å²) in [6.45, 7) is 11.4. The summed E-state index contributed by atoms with van der Waals surface area (Å²) in [6, 6.07) is 5.56. The third kappa shape index (κ3) is 3.71. The number of halogens is 1. The van der Waals surface area contributed by atoms with Crippen LogP contribution in [0.5, 0.6) is 0 Å². The number of rotatable bonds is 7. The van der Waals surface area contributed by atoms with E-state index in [1.165, 1.54) is 0 Å². The maximum Gasteiger partial charge on any atom is 0.238 e. The summed E-state index contributed by atoms with van der Waals surface area (Å²) in [4.78, 5) is 9.47. The van der Waals surface area contributed by atoms with Crippen molar-refractivity contribution in [2.45, 2.75) is 26.1 Å². The fourth-order valence-electron chi connectivity index (χ4n) is 4.08. The molecule has 0 bridgehead atoms. The molecule has 33 heavy (non-hydrogen) atoms. The minimum atomic E-state index is -0.149. The van der Waals surface area contributed by atoms with Crippen molar-refractivity contribution in [3.05, 3.63) is 83.7 Å². The van der Waals surface area contributed by atoms with E-state index in [0.717, 1.165) is 34.2 Å². The zero-order valence-electron chi connectivity index (χ0n) is 18.2. The summed E-state index contributed by atoms with van der Waals surface area (Å²) in [5.41, 5.74) is 4.34.